The van der Waals surface area contributed by atoms with Gasteiger partial charge in [0.15, 0.2) is 0 Å². The molecule has 1 aliphatic heterocycles. The Hall–Kier alpha value is 0.0569. The zero-order chi connectivity index (χ0) is 16.9. The van der Waals surface area contributed by atoms with Gasteiger partial charge >= 0.3 is 8.56 Å². The minimum absolute atomic E-state index is 0.122. The van der Waals surface area contributed by atoms with Gasteiger partial charge in [0.1, 0.15) is 5.22 Å². The highest BCUT2D eigenvalue weighted by Gasteiger charge is 2.58. The van der Waals surface area contributed by atoms with Crippen molar-refractivity contribution in [2.45, 2.75) is 77.0 Å². The molecule has 0 saturated carbocycles. The Bertz CT molecular complexity index is 251. The minimum Gasteiger partial charge on any atom is -0.396 e. The summed E-state index contributed by atoms with van der Waals surface area (Å²) < 4.78 is 22.5. The fraction of sp³-hybridized carbons (Fsp3) is 1.00. The first-order chi connectivity index (χ1) is 10.6. The zero-order valence-corrected chi connectivity index (χ0v) is 16.7. The molecule has 1 rings (SSSR count). The Balaban J connectivity index is 0.000000534. The second-order valence-electron chi connectivity index (χ2n) is 5.93. The lowest BCUT2D eigenvalue weighted by atomic mass is 10.1. The molecular weight excluding hydrogens is 296 g/mol. The lowest BCUT2D eigenvalue weighted by Crippen LogP contribution is -2.64. The van der Waals surface area contributed by atoms with Crippen LogP contribution in [0.3, 0.4) is 0 Å². The molecule has 0 aromatic rings. The molecule has 0 aliphatic carbocycles. The fourth-order valence-corrected chi connectivity index (χ4v) is 7.31. The lowest BCUT2D eigenvalue weighted by Gasteiger charge is -2.47. The molecule has 22 heavy (non-hydrogen) atoms. The van der Waals surface area contributed by atoms with Gasteiger partial charge < -0.3 is 18.3 Å². The third-order valence-corrected chi connectivity index (χ3v) is 8.85. The van der Waals surface area contributed by atoms with Crippen molar-refractivity contribution < 1.29 is 18.3 Å². The maximum absolute atomic E-state index is 5.83. The van der Waals surface area contributed by atoms with Crippen LogP contribution in [-0.2, 0) is 18.3 Å². The van der Waals surface area contributed by atoms with Gasteiger partial charge in [-0.25, -0.2) is 0 Å². The van der Waals surface area contributed by atoms with Gasteiger partial charge in [-0.05, 0) is 31.7 Å². The third kappa shape index (κ3) is 5.93. The Morgan fingerprint density at radius 2 is 1.45 bits per heavy atom. The van der Waals surface area contributed by atoms with Crippen LogP contribution in [-0.4, -0.2) is 48.3 Å². The molecule has 134 valence electrons. The van der Waals surface area contributed by atoms with Gasteiger partial charge in [-0.2, -0.15) is 0 Å². The summed E-state index contributed by atoms with van der Waals surface area (Å²) in [6.45, 7) is 8.28. The van der Waals surface area contributed by atoms with Crippen LogP contribution >= 0.6 is 0 Å². The van der Waals surface area contributed by atoms with Gasteiger partial charge in [0.05, 0.1) is 0 Å². The summed E-state index contributed by atoms with van der Waals surface area (Å²) in [5.41, 5.74) is 0. The summed E-state index contributed by atoms with van der Waals surface area (Å²) in [5.74, 6) is 0. The van der Waals surface area contributed by atoms with Crippen LogP contribution in [0.1, 0.15) is 65.7 Å². The molecule has 0 aromatic heterocycles. The van der Waals surface area contributed by atoms with Crippen molar-refractivity contribution in [2.24, 2.45) is 0 Å². The third-order valence-electron chi connectivity index (χ3n) is 4.43. The van der Waals surface area contributed by atoms with Crippen LogP contribution < -0.4 is 0 Å². The van der Waals surface area contributed by atoms with Crippen LogP contribution in [0.25, 0.3) is 0 Å². The van der Waals surface area contributed by atoms with E-state index in [0.29, 0.717) is 0 Å². The molecule has 5 heteroatoms. The number of ether oxygens (including phenoxy) is 2. The molecule has 1 atom stereocenters. The number of hydrogen-bond donors (Lipinski definition) is 0. The second-order valence-corrected chi connectivity index (χ2v) is 9.66. The largest absolute Gasteiger partial charge is 0.396 e. The van der Waals surface area contributed by atoms with Crippen LogP contribution in [0.2, 0.25) is 6.04 Å². The minimum atomic E-state index is -2.15. The van der Waals surface area contributed by atoms with E-state index in [1.807, 2.05) is 0 Å². The van der Waals surface area contributed by atoms with Crippen LogP contribution in [0, 0.1) is 0 Å². The first kappa shape index (κ1) is 22.1. The van der Waals surface area contributed by atoms with E-state index in [1.54, 1.807) is 21.3 Å². The predicted molar refractivity (Wildman–Crippen MR) is 94.5 cm³/mol. The number of methoxy groups -OCH3 is 1. The van der Waals surface area contributed by atoms with Crippen molar-refractivity contribution in [1.82, 2.24) is 0 Å². The van der Waals surface area contributed by atoms with Crippen molar-refractivity contribution in [3.05, 3.63) is 0 Å². The average molecular weight is 335 g/mol. The average Bonchev–Trinajstić information content (AvgIpc) is 2.56. The molecule has 0 amide bonds. The molecule has 1 fully saturated rings. The Kier molecular flexibility index (Phi) is 12.5. The Morgan fingerprint density at radius 1 is 0.864 bits per heavy atom. The molecule has 1 unspecified atom stereocenters. The van der Waals surface area contributed by atoms with Gasteiger partial charge in [-0.1, -0.05) is 40.0 Å². The number of rotatable bonds is 9. The molecule has 0 bridgehead atoms. The topological polar surface area (TPSA) is 36.9 Å². The summed E-state index contributed by atoms with van der Waals surface area (Å²) in [6, 6.07) is 1.06. The van der Waals surface area contributed by atoms with Crippen LogP contribution in [0.4, 0.5) is 0 Å². The van der Waals surface area contributed by atoms with Gasteiger partial charge in [-0.15, -0.1) is 0 Å². The lowest BCUT2D eigenvalue weighted by molar-refractivity contribution is -0.0149. The van der Waals surface area contributed by atoms with Crippen molar-refractivity contribution in [3.63, 3.8) is 0 Å². The molecule has 0 N–H and O–H groups in total. The summed E-state index contributed by atoms with van der Waals surface area (Å²) in [4.78, 5) is 0. The van der Waals surface area contributed by atoms with Crippen LogP contribution in [0.5, 0.6) is 0 Å². The van der Waals surface area contributed by atoms with E-state index in [1.165, 1.54) is 12.8 Å². The second kappa shape index (κ2) is 12.5. The Morgan fingerprint density at radius 3 is 1.86 bits per heavy atom. The summed E-state index contributed by atoms with van der Waals surface area (Å²) >= 11 is 0. The van der Waals surface area contributed by atoms with E-state index < -0.39 is 8.56 Å². The van der Waals surface area contributed by atoms with Gasteiger partial charge in [0, 0.05) is 34.5 Å². The summed E-state index contributed by atoms with van der Waals surface area (Å²) in [5, 5.41) is -0.122. The SMILES string of the molecule is CCCC1(OC)CCCC[Si]1(OC)OC.CCCOCCC. The molecule has 1 heterocycles. The maximum atomic E-state index is 5.83. The highest BCUT2D eigenvalue weighted by Crippen LogP contribution is 2.42. The highest BCUT2D eigenvalue weighted by atomic mass is 28.4. The van der Waals surface area contributed by atoms with E-state index in [9.17, 15) is 0 Å². The Labute approximate surface area is 139 Å². The van der Waals surface area contributed by atoms with Crippen molar-refractivity contribution in [1.29, 1.82) is 0 Å². The molecule has 0 radical (unpaired) electrons. The fourth-order valence-electron chi connectivity index (χ4n) is 3.32. The van der Waals surface area contributed by atoms with E-state index in [0.717, 1.165) is 51.4 Å². The predicted octanol–water partition coefficient (Wildman–Crippen LogP) is 4.45. The molecule has 1 saturated heterocycles. The van der Waals surface area contributed by atoms with E-state index in [2.05, 4.69) is 20.8 Å². The smallest absolute Gasteiger partial charge is 0.370 e. The van der Waals surface area contributed by atoms with Crippen molar-refractivity contribution in [2.75, 3.05) is 34.5 Å². The maximum Gasteiger partial charge on any atom is 0.370 e. The van der Waals surface area contributed by atoms with E-state index in [-0.39, 0.29) is 5.22 Å². The molecular formula is C17H38O4Si. The zero-order valence-electron chi connectivity index (χ0n) is 15.7. The monoisotopic (exact) mass is 334 g/mol. The van der Waals surface area contributed by atoms with Crippen molar-refractivity contribution >= 4 is 8.56 Å². The summed E-state index contributed by atoms with van der Waals surface area (Å²) in [7, 11) is 3.22. The first-order valence-electron chi connectivity index (χ1n) is 8.85. The van der Waals surface area contributed by atoms with Crippen LogP contribution in [0.15, 0.2) is 0 Å². The van der Waals surface area contributed by atoms with Gasteiger partial charge in [0.2, 0.25) is 0 Å². The quantitative estimate of drug-likeness (QED) is 0.461. The molecule has 0 aromatic carbocycles. The standard InChI is InChI=1S/C11H24O3Si.C6H14O/c1-5-8-11(12-2)9-6-7-10-15(11,13-3)14-4;1-3-5-7-6-4-2/h5-10H2,1-4H3;3-6H2,1-2H3. The summed E-state index contributed by atoms with van der Waals surface area (Å²) in [6.07, 6.45) is 7.98. The molecule has 1 aliphatic rings. The van der Waals surface area contributed by atoms with E-state index in [4.69, 9.17) is 18.3 Å². The van der Waals surface area contributed by atoms with E-state index >= 15 is 0 Å². The van der Waals surface area contributed by atoms with Gasteiger partial charge in [0.25, 0.3) is 0 Å². The molecule has 0 spiro atoms. The normalized spacial score (nSPS) is 23.7. The first-order valence-corrected chi connectivity index (χ1v) is 10.9. The highest BCUT2D eigenvalue weighted by molar-refractivity contribution is 6.70. The van der Waals surface area contributed by atoms with Crippen molar-refractivity contribution in [3.8, 4) is 0 Å². The molecule has 4 nitrogen and oxygen atoms in total. The number of hydrogen-bond acceptors (Lipinski definition) is 4. The van der Waals surface area contributed by atoms with Gasteiger partial charge in [-0.3, -0.25) is 0 Å².